The molecule has 0 unspecified atom stereocenters. The molecular weight excluding hydrogens is 284 g/mol. The van der Waals surface area contributed by atoms with Gasteiger partial charge in [-0.15, -0.1) is 0 Å². The highest BCUT2D eigenvalue weighted by molar-refractivity contribution is 9.10. The van der Waals surface area contributed by atoms with Gasteiger partial charge in [0.2, 0.25) is 5.91 Å². The van der Waals surface area contributed by atoms with Crippen LogP contribution in [0.5, 0.6) is 0 Å². The summed E-state index contributed by atoms with van der Waals surface area (Å²) in [5.74, 6) is -0.0518. The van der Waals surface area contributed by atoms with Crippen LogP contribution in [0.4, 0.5) is 11.4 Å². The molecule has 0 aliphatic heterocycles. The van der Waals surface area contributed by atoms with Gasteiger partial charge in [0.25, 0.3) is 0 Å². The SMILES string of the molecule is CCNc1ccc(Br)cc1NC(=O)CCOC. The van der Waals surface area contributed by atoms with Crippen molar-refractivity contribution in [2.45, 2.75) is 13.3 Å². The molecule has 17 heavy (non-hydrogen) atoms. The van der Waals surface area contributed by atoms with Gasteiger partial charge in [-0.05, 0) is 25.1 Å². The van der Waals surface area contributed by atoms with E-state index in [-0.39, 0.29) is 5.91 Å². The first kappa shape index (κ1) is 14.0. The van der Waals surface area contributed by atoms with E-state index in [4.69, 9.17) is 4.74 Å². The first-order valence-electron chi connectivity index (χ1n) is 5.49. The number of anilines is 2. The second kappa shape index (κ2) is 7.29. The normalized spacial score (nSPS) is 10.1. The van der Waals surface area contributed by atoms with Gasteiger partial charge < -0.3 is 15.4 Å². The molecule has 4 nitrogen and oxygen atoms in total. The molecule has 1 rings (SSSR count). The summed E-state index contributed by atoms with van der Waals surface area (Å²) in [6.45, 7) is 3.25. The molecule has 0 saturated carbocycles. The minimum atomic E-state index is -0.0518. The van der Waals surface area contributed by atoms with Crippen molar-refractivity contribution in [2.24, 2.45) is 0 Å². The summed E-state index contributed by atoms with van der Waals surface area (Å²) in [5, 5.41) is 6.06. The van der Waals surface area contributed by atoms with Crippen molar-refractivity contribution in [3.8, 4) is 0 Å². The van der Waals surface area contributed by atoms with Gasteiger partial charge in [-0.3, -0.25) is 4.79 Å². The van der Waals surface area contributed by atoms with E-state index in [0.717, 1.165) is 22.4 Å². The van der Waals surface area contributed by atoms with Gasteiger partial charge in [-0.25, -0.2) is 0 Å². The zero-order chi connectivity index (χ0) is 12.7. The first-order valence-corrected chi connectivity index (χ1v) is 6.29. The third kappa shape index (κ3) is 4.75. The topological polar surface area (TPSA) is 50.4 Å². The molecule has 0 heterocycles. The van der Waals surface area contributed by atoms with E-state index in [9.17, 15) is 4.79 Å². The smallest absolute Gasteiger partial charge is 0.226 e. The zero-order valence-electron chi connectivity index (χ0n) is 10.0. The van der Waals surface area contributed by atoms with Gasteiger partial charge in [-0.1, -0.05) is 15.9 Å². The van der Waals surface area contributed by atoms with E-state index in [0.29, 0.717) is 13.0 Å². The van der Waals surface area contributed by atoms with Crippen molar-refractivity contribution in [3.63, 3.8) is 0 Å². The molecule has 0 fully saturated rings. The highest BCUT2D eigenvalue weighted by Crippen LogP contribution is 2.26. The molecule has 0 saturated heterocycles. The van der Waals surface area contributed by atoms with Crippen LogP contribution < -0.4 is 10.6 Å². The van der Waals surface area contributed by atoms with Crippen LogP contribution in [0.2, 0.25) is 0 Å². The largest absolute Gasteiger partial charge is 0.384 e. The van der Waals surface area contributed by atoms with Crippen LogP contribution in [-0.2, 0) is 9.53 Å². The van der Waals surface area contributed by atoms with Crippen LogP contribution in [0.1, 0.15) is 13.3 Å². The van der Waals surface area contributed by atoms with E-state index < -0.39 is 0 Å². The Hall–Kier alpha value is -1.07. The lowest BCUT2D eigenvalue weighted by Crippen LogP contribution is -2.15. The maximum absolute atomic E-state index is 11.6. The number of amides is 1. The maximum atomic E-state index is 11.6. The summed E-state index contributed by atoms with van der Waals surface area (Å²) in [4.78, 5) is 11.6. The number of rotatable bonds is 6. The number of halogens is 1. The highest BCUT2D eigenvalue weighted by atomic mass is 79.9. The number of benzene rings is 1. The third-order valence-electron chi connectivity index (χ3n) is 2.16. The summed E-state index contributed by atoms with van der Waals surface area (Å²) in [5.41, 5.74) is 1.70. The molecule has 1 amide bonds. The Labute approximate surface area is 110 Å². The molecule has 94 valence electrons. The molecule has 0 aliphatic carbocycles. The summed E-state index contributed by atoms with van der Waals surface area (Å²) < 4.78 is 5.80. The van der Waals surface area contributed by atoms with E-state index in [1.807, 2.05) is 25.1 Å². The van der Waals surface area contributed by atoms with Crippen molar-refractivity contribution < 1.29 is 9.53 Å². The Morgan fingerprint density at radius 3 is 2.82 bits per heavy atom. The molecule has 2 N–H and O–H groups in total. The van der Waals surface area contributed by atoms with Crippen molar-refractivity contribution >= 4 is 33.2 Å². The van der Waals surface area contributed by atoms with E-state index in [2.05, 4.69) is 26.6 Å². The van der Waals surface area contributed by atoms with Crippen LogP contribution in [-0.4, -0.2) is 26.2 Å². The number of nitrogens with one attached hydrogen (secondary N) is 2. The monoisotopic (exact) mass is 300 g/mol. The Morgan fingerprint density at radius 2 is 2.18 bits per heavy atom. The van der Waals surface area contributed by atoms with Gasteiger partial charge in [0.15, 0.2) is 0 Å². The number of hydrogen-bond acceptors (Lipinski definition) is 3. The second-order valence-electron chi connectivity index (χ2n) is 3.51. The van der Waals surface area contributed by atoms with Crippen LogP contribution >= 0.6 is 15.9 Å². The zero-order valence-corrected chi connectivity index (χ0v) is 11.6. The summed E-state index contributed by atoms with van der Waals surface area (Å²) >= 11 is 3.39. The quantitative estimate of drug-likeness (QED) is 0.849. The molecule has 0 spiro atoms. The predicted molar refractivity (Wildman–Crippen MR) is 73.4 cm³/mol. The molecule has 0 atom stereocenters. The fraction of sp³-hybridized carbons (Fsp3) is 0.417. The Balaban J connectivity index is 2.73. The molecule has 0 radical (unpaired) electrons. The van der Waals surface area contributed by atoms with Gasteiger partial charge >= 0.3 is 0 Å². The van der Waals surface area contributed by atoms with Gasteiger partial charge in [0.05, 0.1) is 24.4 Å². The lowest BCUT2D eigenvalue weighted by Gasteiger charge is -2.12. The molecule has 0 bridgehead atoms. The number of ether oxygens (including phenoxy) is 1. The van der Waals surface area contributed by atoms with Crippen molar-refractivity contribution in [3.05, 3.63) is 22.7 Å². The van der Waals surface area contributed by atoms with E-state index >= 15 is 0 Å². The summed E-state index contributed by atoms with van der Waals surface area (Å²) in [7, 11) is 1.58. The second-order valence-corrected chi connectivity index (χ2v) is 4.43. The van der Waals surface area contributed by atoms with Gasteiger partial charge in [0.1, 0.15) is 0 Å². The molecule has 1 aromatic carbocycles. The molecular formula is C12H17BrN2O2. The van der Waals surface area contributed by atoms with Crippen LogP contribution in [0, 0.1) is 0 Å². The van der Waals surface area contributed by atoms with Crippen LogP contribution in [0.3, 0.4) is 0 Å². The maximum Gasteiger partial charge on any atom is 0.226 e. The Kier molecular flexibility index (Phi) is 6.00. The van der Waals surface area contributed by atoms with Crippen molar-refractivity contribution in [1.29, 1.82) is 0 Å². The Morgan fingerprint density at radius 1 is 1.41 bits per heavy atom. The van der Waals surface area contributed by atoms with E-state index in [1.165, 1.54) is 0 Å². The van der Waals surface area contributed by atoms with Crippen LogP contribution in [0.15, 0.2) is 22.7 Å². The average molecular weight is 301 g/mol. The fourth-order valence-corrected chi connectivity index (χ4v) is 1.73. The summed E-state index contributed by atoms with van der Waals surface area (Å²) in [6.07, 6.45) is 0.356. The average Bonchev–Trinajstić information content (AvgIpc) is 2.30. The number of carbonyl (C=O) groups is 1. The van der Waals surface area contributed by atoms with Gasteiger partial charge in [-0.2, -0.15) is 0 Å². The minimum Gasteiger partial charge on any atom is -0.384 e. The number of carbonyl (C=O) groups excluding carboxylic acids is 1. The van der Waals surface area contributed by atoms with E-state index in [1.54, 1.807) is 7.11 Å². The summed E-state index contributed by atoms with van der Waals surface area (Å²) in [6, 6.07) is 5.74. The standard InChI is InChI=1S/C12H17BrN2O2/c1-3-14-10-5-4-9(13)8-11(10)15-12(16)6-7-17-2/h4-5,8,14H,3,6-7H2,1-2H3,(H,15,16). The van der Waals surface area contributed by atoms with Gasteiger partial charge in [0, 0.05) is 18.1 Å². The number of methoxy groups -OCH3 is 1. The lowest BCUT2D eigenvalue weighted by atomic mass is 10.2. The first-order chi connectivity index (χ1) is 8.17. The highest BCUT2D eigenvalue weighted by Gasteiger charge is 2.06. The fourth-order valence-electron chi connectivity index (χ4n) is 1.37. The molecule has 1 aromatic rings. The molecule has 0 aromatic heterocycles. The third-order valence-corrected chi connectivity index (χ3v) is 2.65. The van der Waals surface area contributed by atoms with Crippen LogP contribution in [0.25, 0.3) is 0 Å². The Bertz CT molecular complexity index is 383. The molecule has 0 aliphatic rings. The lowest BCUT2D eigenvalue weighted by molar-refractivity contribution is -0.117. The predicted octanol–water partition coefficient (Wildman–Crippen LogP) is 2.86. The molecule has 5 heteroatoms. The minimum absolute atomic E-state index is 0.0518. The number of hydrogen-bond donors (Lipinski definition) is 2. The van der Waals surface area contributed by atoms with Crippen molar-refractivity contribution in [2.75, 3.05) is 30.9 Å². The van der Waals surface area contributed by atoms with Crippen molar-refractivity contribution in [1.82, 2.24) is 0 Å².